The monoisotopic (exact) mass is 296 g/mol. The van der Waals surface area contributed by atoms with Gasteiger partial charge < -0.3 is 0 Å². The summed E-state index contributed by atoms with van der Waals surface area (Å²) in [6.07, 6.45) is 0. The number of alkyl halides is 1. The lowest BCUT2D eigenvalue weighted by Gasteiger charge is -2.12. The number of thiophene rings is 1. The predicted octanol–water partition coefficient (Wildman–Crippen LogP) is 4.40. The highest BCUT2D eigenvalue weighted by Gasteiger charge is 2.14. The van der Waals surface area contributed by atoms with Gasteiger partial charge in [-0.15, -0.1) is 0 Å². The summed E-state index contributed by atoms with van der Waals surface area (Å²) >= 11 is 8.85. The van der Waals surface area contributed by atoms with Crippen molar-refractivity contribution in [3.05, 3.63) is 20.8 Å². The van der Waals surface area contributed by atoms with Crippen LogP contribution < -0.4 is 0 Å². The van der Waals surface area contributed by atoms with E-state index in [1.165, 1.54) is 10.0 Å². The molecule has 11 heavy (non-hydrogen) atoms. The first-order valence-corrected chi connectivity index (χ1v) is 6.13. The second-order valence-electron chi connectivity index (χ2n) is 2.64. The SMILES string of the molecule is CC(Br)C(C)c1cscc1Br. The molecule has 0 fully saturated rings. The third-order valence-corrected chi connectivity index (χ3v) is 4.37. The highest BCUT2D eigenvalue weighted by molar-refractivity contribution is 9.10. The maximum absolute atomic E-state index is 3.58. The van der Waals surface area contributed by atoms with E-state index < -0.39 is 0 Å². The Hall–Kier alpha value is 0.660. The van der Waals surface area contributed by atoms with Gasteiger partial charge in [0.15, 0.2) is 0 Å². The van der Waals surface area contributed by atoms with E-state index in [0.29, 0.717) is 10.7 Å². The van der Waals surface area contributed by atoms with Crippen LogP contribution in [0, 0.1) is 0 Å². The van der Waals surface area contributed by atoms with Crippen molar-refractivity contribution >= 4 is 43.2 Å². The molecule has 1 heterocycles. The first kappa shape index (κ1) is 9.75. The summed E-state index contributed by atoms with van der Waals surface area (Å²) in [6.45, 7) is 4.40. The van der Waals surface area contributed by atoms with Crippen LogP contribution in [-0.4, -0.2) is 4.83 Å². The van der Waals surface area contributed by atoms with Gasteiger partial charge in [0.05, 0.1) is 0 Å². The summed E-state index contributed by atoms with van der Waals surface area (Å²) < 4.78 is 1.24. The number of halogens is 2. The summed E-state index contributed by atoms with van der Waals surface area (Å²) in [4.78, 5) is 0.536. The van der Waals surface area contributed by atoms with E-state index in [9.17, 15) is 0 Å². The lowest BCUT2D eigenvalue weighted by molar-refractivity contribution is 0.761. The molecule has 0 amide bonds. The van der Waals surface area contributed by atoms with E-state index in [1.807, 2.05) is 0 Å². The summed E-state index contributed by atoms with van der Waals surface area (Å²) in [6, 6.07) is 0. The lowest BCUT2D eigenvalue weighted by Crippen LogP contribution is -2.03. The average Bonchev–Trinajstić information content (AvgIpc) is 2.33. The zero-order valence-corrected chi connectivity index (χ0v) is 10.5. The van der Waals surface area contributed by atoms with E-state index >= 15 is 0 Å². The van der Waals surface area contributed by atoms with Crippen molar-refractivity contribution < 1.29 is 0 Å². The van der Waals surface area contributed by atoms with Gasteiger partial charge in [0, 0.05) is 14.7 Å². The number of rotatable bonds is 2. The van der Waals surface area contributed by atoms with Crippen molar-refractivity contribution in [2.75, 3.05) is 0 Å². The zero-order chi connectivity index (χ0) is 8.43. The summed E-state index contributed by atoms with van der Waals surface area (Å²) in [7, 11) is 0. The topological polar surface area (TPSA) is 0 Å². The van der Waals surface area contributed by atoms with Crippen LogP contribution in [0.15, 0.2) is 15.2 Å². The molecule has 0 nitrogen and oxygen atoms in total. The second kappa shape index (κ2) is 4.06. The van der Waals surface area contributed by atoms with Crippen LogP contribution in [0.5, 0.6) is 0 Å². The number of hydrogen-bond donors (Lipinski definition) is 0. The average molecular weight is 298 g/mol. The van der Waals surface area contributed by atoms with Crippen LogP contribution in [0.3, 0.4) is 0 Å². The Balaban J connectivity index is 2.84. The van der Waals surface area contributed by atoms with Crippen molar-refractivity contribution in [2.24, 2.45) is 0 Å². The van der Waals surface area contributed by atoms with Gasteiger partial charge in [-0.3, -0.25) is 0 Å². The van der Waals surface area contributed by atoms with Crippen LogP contribution in [0.4, 0.5) is 0 Å². The molecule has 3 heteroatoms. The Labute approximate surface area is 88.3 Å². The maximum atomic E-state index is 3.58. The quantitative estimate of drug-likeness (QED) is 0.710. The van der Waals surface area contributed by atoms with Crippen LogP contribution in [0.1, 0.15) is 25.3 Å². The van der Waals surface area contributed by atoms with Crippen LogP contribution in [0.25, 0.3) is 0 Å². The Kier molecular flexibility index (Phi) is 3.59. The molecule has 0 saturated carbocycles. The normalized spacial score (nSPS) is 16.4. The fraction of sp³-hybridized carbons (Fsp3) is 0.500. The first-order chi connectivity index (χ1) is 5.13. The van der Waals surface area contributed by atoms with Gasteiger partial charge in [-0.05, 0) is 32.8 Å². The molecule has 0 aliphatic rings. The largest absolute Gasteiger partial charge is 0.151 e. The summed E-state index contributed by atoms with van der Waals surface area (Å²) in [5.41, 5.74) is 1.40. The predicted molar refractivity (Wildman–Crippen MR) is 58.8 cm³/mol. The molecule has 1 aromatic heterocycles. The van der Waals surface area contributed by atoms with Gasteiger partial charge in [0.2, 0.25) is 0 Å². The van der Waals surface area contributed by atoms with Gasteiger partial charge in [-0.25, -0.2) is 0 Å². The molecule has 62 valence electrons. The van der Waals surface area contributed by atoms with Crippen LogP contribution in [0.2, 0.25) is 0 Å². The lowest BCUT2D eigenvalue weighted by atomic mass is 10.0. The highest BCUT2D eigenvalue weighted by atomic mass is 79.9. The molecule has 1 aromatic rings. The van der Waals surface area contributed by atoms with E-state index in [0.717, 1.165) is 0 Å². The zero-order valence-electron chi connectivity index (χ0n) is 6.47. The molecular weight excluding hydrogens is 288 g/mol. The molecule has 2 atom stereocenters. The Bertz CT molecular complexity index is 230. The molecule has 1 rings (SSSR count). The molecule has 0 N–H and O–H groups in total. The van der Waals surface area contributed by atoms with Crippen LogP contribution in [-0.2, 0) is 0 Å². The molecule has 0 aliphatic heterocycles. The third-order valence-electron chi connectivity index (χ3n) is 1.82. The van der Waals surface area contributed by atoms with Gasteiger partial charge in [-0.2, -0.15) is 11.3 Å². The van der Waals surface area contributed by atoms with E-state index in [-0.39, 0.29) is 0 Å². The van der Waals surface area contributed by atoms with Gasteiger partial charge in [0.25, 0.3) is 0 Å². The Morgan fingerprint density at radius 2 is 2.00 bits per heavy atom. The molecule has 0 aliphatic carbocycles. The Morgan fingerprint density at radius 1 is 1.36 bits per heavy atom. The molecule has 0 aromatic carbocycles. The smallest absolute Gasteiger partial charge is 0.0317 e. The molecule has 0 saturated heterocycles. The standard InChI is InChI=1S/C8H10Br2S/c1-5(6(2)9)7-3-11-4-8(7)10/h3-6H,1-2H3. The Morgan fingerprint density at radius 3 is 2.36 bits per heavy atom. The fourth-order valence-corrected chi connectivity index (χ4v) is 2.91. The molecule has 0 spiro atoms. The van der Waals surface area contributed by atoms with E-state index in [1.54, 1.807) is 11.3 Å². The van der Waals surface area contributed by atoms with Crippen molar-refractivity contribution in [3.8, 4) is 0 Å². The molecule has 0 bridgehead atoms. The van der Waals surface area contributed by atoms with Crippen molar-refractivity contribution in [2.45, 2.75) is 24.6 Å². The van der Waals surface area contributed by atoms with Gasteiger partial charge in [0.1, 0.15) is 0 Å². The maximum Gasteiger partial charge on any atom is 0.0317 e. The second-order valence-corrected chi connectivity index (χ2v) is 5.68. The highest BCUT2D eigenvalue weighted by Crippen LogP contribution is 2.32. The summed E-state index contributed by atoms with van der Waals surface area (Å²) in [5.74, 6) is 0.579. The first-order valence-electron chi connectivity index (χ1n) is 3.48. The van der Waals surface area contributed by atoms with Crippen LogP contribution >= 0.6 is 43.2 Å². The fourth-order valence-electron chi connectivity index (χ4n) is 0.864. The molecule has 0 radical (unpaired) electrons. The van der Waals surface area contributed by atoms with Gasteiger partial charge >= 0.3 is 0 Å². The van der Waals surface area contributed by atoms with Crippen molar-refractivity contribution in [3.63, 3.8) is 0 Å². The number of hydrogen-bond acceptors (Lipinski definition) is 1. The minimum atomic E-state index is 0.536. The van der Waals surface area contributed by atoms with E-state index in [2.05, 4.69) is 56.5 Å². The minimum Gasteiger partial charge on any atom is -0.151 e. The minimum absolute atomic E-state index is 0.536. The van der Waals surface area contributed by atoms with Gasteiger partial charge in [-0.1, -0.05) is 29.8 Å². The molecule has 2 unspecified atom stereocenters. The van der Waals surface area contributed by atoms with Crippen molar-refractivity contribution in [1.29, 1.82) is 0 Å². The molecular formula is C8H10Br2S. The van der Waals surface area contributed by atoms with E-state index in [4.69, 9.17) is 0 Å². The van der Waals surface area contributed by atoms with Crippen molar-refractivity contribution in [1.82, 2.24) is 0 Å². The third kappa shape index (κ3) is 2.30. The summed E-state index contributed by atoms with van der Waals surface area (Å²) in [5, 5.41) is 4.33.